The maximum atomic E-state index is 5.61. The van der Waals surface area contributed by atoms with Crippen molar-refractivity contribution in [2.45, 2.75) is 39.7 Å². The highest BCUT2D eigenvalue weighted by Gasteiger charge is 2.19. The van der Waals surface area contributed by atoms with Crippen LogP contribution in [0.3, 0.4) is 0 Å². The molecule has 2 heterocycles. The smallest absolute Gasteiger partial charge is 0.235 e. The van der Waals surface area contributed by atoms with Crippen molar-refractivity contribution in [3.63, 3.8) is 0 Å². The molecule has 1 aliphatic heterocycles. The third-order valence-electron chi connectivity index (χ3n) is 3.59. The van der Waals surface area contributed by atoms with Crippen LogP contribution in [0.1, 0.15) is 36.3 Å². The van der Waals surface area contributed by atoms with E-state index in [-0.39, 0.29) is 0 Å². The number of benzene rings is 1. The number of nitrogens with zero attached hydrogens (tertiary/aromatic N) is 3. The molecule has 2 aromatic rings. The predicted octanol–water partition coefficient (Wildman–Crippen LogP) is 2.89. The van der Waals surface area contributed by atoms with Gasteiger partial charge in [0.15, 0.2) is 0 Å². The summed E-state index contributed by atoms with van der Waals surface area (Å²) in [5.74, 6) is 1.43. The molecule has 19 heavy (non-hydrogen) atoms. The normalized spacial score (nSPS) is 14.5. The standard InChI is InChI=1S/C15H19N3O/c1-3-14-16-17-15(19-14)10-18-8-4-5-12-9-11(2)6-7-13(12)18/h6-7,9H,3-5,8,10H2,1-2H3. The molecule has 3 rings (SSSR count). The van der Waals surface area contributed by atoms with Crippen LogP contribution >= 0.6 is 0 Å². The Morgan fingerprint density at radius 2 is 2.11 bits per heavy atom. The van der Waals surface area contributed by atoms with Crippen LogP contribution in [0.25, 0.3) is 0 Å². The van der Waals surface area contributed by atoms with Gasteiger partial charge in [0.1, 0.15) is 0 Å². The van der Waals surface area contributed by atoms with Gasteiger partial charge in [0, 0.05) is 18.7 Å². The highest BCUT2D eigenvalue weighted by molar-refractivity contribution is 5.56. The Balaban J connectivity index is 1.83. The van der Waals surface area contributed by atoms with Gasteiger partial charge in [-0.05, 0) is 31.4 Å². The minimum Gasteiger partial charge on any atom is -0.423 e. The van der Waals surface area contributed by atoms with E-state index in [0.717, 1.165) is 25.3 Å². The Hall–Kier alpha value is -1.84. The largest absolute Gasteiger partial charge is 0.423 e. The molecule has 100 valence electrons. The minimum absolute atomic E-state index is 0.711. The highest BCUT2D eigenvalue weighted by Crippen LogP contribution is 2.29. The van der Waals surface area contributed by atoms with Gasteiger partial charge in [-0.15, -0.1) is 10.2 Å². The van der Waals surface area contributed by atoms with Crippen molar-refractivity contribution < 1.29 is 4.42 Å². The van der Waals surface area contributed by atoms with Crippen LogP contribution in [0, 0.1) is 6.92 Å². The topological polar surface area (TPSA) is 42.2 Å². The quantitative estimate of drug-likeness (QED) is 0.848. The molecule has 4 heteroatoms. The zero-order chi connectivity index (χ0) is 13.2. The molecule has 0 radical (unpaired) electrons. The van der Waals surface area contributed by atoms with Gasteiger partial charge in [0.25, 0.3) is 0 Å². The summed E-state index contributed by atoms with van der Waals surface area (Å²) in [6, 6.07) is 6.66. The molecule has 0 bridgehead atoms. The third kappa shape index (κ3) is 2.48. The van der Waals surface area contributed by atoms with E-state index in [0.29, 0.717) is 12.4 Å². The molecule has 1 aromatic heterocycles. The van der Waals surface area contributed by atoms with Gasteiger partial charge >= 0.3 is 0 Å². The third-order valence-corrected chi connectivity index (χ3v) is 3.59. The molecule has 0 spiro atoms. The van der Waals surface area contributed by atoms with E-state index >= 15 is 0 Å². The van der Waals surface area contributed by atoms with E-state index in [1.165, 1.54) is 23.2 Å². The molecule has 0 saturated carbocycles. The van der Waals surface area contributed by atoms with Crippen LogP contribution in [0.15, 0.2) is 22.6 Å². The van der Waals surface area contributed by atoms with Gasteiger partial charge in [-0.25, -0.2) is 0 Å². The second kappa shape index (κ2) is 5.03. The number of anilines is 1. The van der Waals surface area contributed by atoms with Crippen LogP contribution in [-0.4, -0.2) is 16.7 Å². The zero-order valence-electron chi connectivity index (χ0n) is 11.5. The Morgan fingerprint density at radius 1 is 1.26 bits per heavy atom. The number of aryl methyl sites for hydroxylation is 3. The van der Waals surface area contributed by atoms with Gasteiger partial charge in [-0.2, -0.15) is 0 Å². The number of rotatable bonds is 3. The minimum atomic E-state index is 0.711. The fourth-order valence-corrected chi connectivity index (χ4v) is 2.63. The summed E-state index contributed by atoms with van der Waals surface area (Å²) >= 11 is 0. The maximum Gasteiger partial charge on any atom is 0.235 e. The van der Waals surface area contributed by atoms with Crippen LogP contribution < -0.4 is 4.90 Å². The molecule has 1 aromatic carbocycles. The summed E-state index contributed by atoms with van der Waals surface area (Å²) in [7, 11) is 0. The fraction of sp³-hybridized carbons (Fsp3) is 0.467. The molecule has 0 atom stereocenters. The van der Waals surface area contributed by atoms with Gasteiger partial charge in [0.05, 0.1) is 6.54 Å². The van der Waals surface area contributed by atoms with E-state index in [4.69, 9.17) is 4.42 Å². The Morgan fingerprint density at radius 3 is 2.89 bits per heavy atom. The van der Waals surface area contributed by atoms with Crippen molar-refractivity contribution in [1.29, 1.82) is 0 Å². The van der Waals surface area contributed by atoms with Crippen molar-refractivity contribution in [2.75, 3.05) is 11.4 Å². The van der Waals surface area contributed by atoms with Crippen molar-refractivity contribution >= 4 is 5.69 Å². The van der Waals surface area contributed by atoms with Crippen LogP contribution in [0.2, 0.25) is 0 Å². The first-order valence-electron chi connectivity index (χ1n) is 6.92. The number of aromatic nitrogens is 2. The van der Waals surface area contributed by atoms with Crippen molar-refractivity contribution in [2.24, 2.45) is 0 Å². The van der Waals surface area contributed by atoms with Crippen molar-refractivity contribution in [3.8, 4) is 0 Å². The molecular weight excluding hydrogens is 238 g/mol. The van der Waals surface area contributed by atoms with Crippen LogP contribution in [0.4, 0.5) is 5.69 Å². The predicted molar refractivity (Wildman–Crippen MR) is 74.2 cm³/mol. The summed E-state index contributed by atoms with van der Waals surface area (Å²) < 4.78 is 5.61. The first-order valence-corrected chi connectivity index (χ1v) is 6.92. The molecule has 0 amide bonds. The van der Waals surface area contributed by atoms with Gasteiger partial charge in [-0.3, -0.25) is 0 Å². The molecule has 0 unspecified atom stereocenters. The maximum absolute atomic E-state index is 5.61. The summed E-state index contributed by atoms with van der Waals surface area (Å²) in [5, 5.41) is 8.14. The van der Waals surface area contributed by atoms with Crippen LogP contribution in [0.5, 0.6) is 0 Å². The van der Waals surface area contributed by atoms with E-state index < -0.39 is 0 Å². The lowest BCUT2D eigenvalue weighted by Gasteiger charge is -2.30. The average molecular weight is 257 g/mol. The SMILES string of the molecule is CCc1nnc(CN2CCCc3cc(C)ccc32)o1. The summed E-state index contributed by atoms with van der Waals surface area (Å²) in [4.78, 5) is 2.34. The molecule has 0 aliphatic carbocycles. The highest BCUT2D eigenvalue weighted by atomic mass is 16.4. The summed E-state index contributed by atoms with van der Waals surface area (Å²) in [6.07, 6.45) is 3.14. The molecule has 1 aliphatic rings. The number of hydrogen-bond donors (Lipinski definition) is 0. The van der Waals surface area contributed by atoms with E-state index in [1.54, 1.807) is 0 Å². The van der Waals surface area contributed by atoms with E-state index in [2.05, 4.69) is 40.2 Å². The molecule has 0 fully saturated rings. The molecule has 0 saturated heterocycles. The number of fused-ring (bicyclic) bond motifs is 1. The fourth-order valence-electron chi connectivity index (χ4n) is 2.63. The van der Waals surface area contributed by atoms with Gasteiger partial charge < -0.3 is 9.32 Å². The second-order valence-corrected chi connectivity index (χ2v) is 5.10. The van der Waals surface area contributed by atoms with Crippen LogP contribution in [-0.2, 0) is 19.4 Å². The van der Waals surface area contributed by atoms with Crippen molar-refractivity contribution in [1.82, 2.24) is 10.2 Å². The van der Waals surface area contributed by atoms with Gasteiger partial charge in [-0.1, -0.05) is 24.6 Å². The Bertz CT molecular complexity index is 577. The zero-order valence-corrected chi connectivity index (χ0v) is 11.5. The molecule has 0 N–H and O–H groups in total. The Labute approximate surface area is 113 Å². The number of hydrogen-bond acceptors (Lipinski definition) is 4. The van der Waals surface area contributed by atoms with E-state index in [1.807, 2.05) is 6.92 Å². The van der Waals surface area contributed by atoms with Crippen molar-refractivity contribution in [3.05, 3.63) is 41.1 Å². The first-order chi connectivity index (χ1) is 9.26. The van der Waals surface area contributed by atoms with E-state index in [9.17, 15) is 0 Å². The van der Waals surface area contributed by atoms with Gasteiger partial charge in [0.2, 0.25) is 11.8 Å². The first kappa shape index (κ1) is 12.2. The molecule has 4 nitrogen and oxygen atoms in total. The molecular formula is C15H19N3O. The summed E-state index contributed by atoms with van der Waals surface area (Å²) in [5.41, 5.74) is 4.07. The lowest BCUT2D eigenvalue weighted by atomic mass is 10.00. The monoisotopic (exact) mass is 257 g/mol. The lowest BCUT2D eigenvalue weighted by molar-refractivity contribution is 0.447. The summed E-state index contributed by atoms with van der Waals surface area (Å²) in [6.45, 7) is 5.93. The lowest BCUT2D eigenvalue weighted by Crippen LogP contribution is -2.29. The Kier molecular flexibility index (Phi) is 3.23. The average Bonchev–Trinajstić information content (AvgIpc) is 2.86. The second-order valence-electron chi connectivity index (χ2n) is 5.10.